The number of aryl methyl sites for hydroxylation is 2. The van der Waals surface area contributed by atoms with Crippen LogP contribution in [0.25, 0.3) is 11.0 Å². The van der Waals surface area contributed by atoms with Gasteiger partial charge < -0.3 is 20.8 Å². The molecule has 1 unspecified atom stereocenters. The van der Waals surface area contributed by atoms with Crippen LogP contribution in [-0.2, 0) is 10.0 Å². The zero-order valence-electron chi connectivity index (χ0n) is 17.6. The minimum absolute atomic E-state index is 0.0349. The average molecular weight is 468 g/mol. The number of anilines is 2. The van der Waals surface area contributed by atoms with Gasteiger partial charge in [0, 0.05) is 29.2 Å². The van der Waals surface area contributed by atoms with Crippen molar-refractivity contribution in [2.75, 3.05) is 10.0 Å². The van der Waals surface area contributed by atoms with E-state index in [2.05, 4.69) is 20.0 Å². The van der Waals surface area contributed by atoms with E-state index in [0.29, 0.717) is 26.5 Å². The van der Waals surface area contributed by atoms with E-state index in [1.807, 2.05) is 0 Å². The third kappa shape index (κ3) is 4.61. The van der Waals surface area contributed by atoms with Crippen LogP contribution < -0.4 is 19.5 Å². The normalized spacial score (nSPS) is 12.5. The van der Waals surface area contributed by atoms with Crippen LogP contribution in [0.2, 0.25) is 0 Å². The number of sulfonamides is 1. The van der Waals surface area contributed by atoms with Crippen molar-refractivity contribution in [3.8, 4) is 0 Å². The molecule has 170 valence electrons. The first-order valence-electron chi connectivity index (χ1n) is 9.78. The molecule has 0 saturated carbocycles. The van der Waals surface area contributed by atoms with Crippen LogP contribution in [0, 0.1) is 24.3 Å². The highest BCUT2D eigenvalue weighted by molar-refractivity contribution is 7.92. The summed E-state index contributed by atoms with van der Waals surface area (Å²) in [4.78, 5) is 8.08. The molecule has 0 bridgehead atoms. The molecular weight excluding hydrogens is 448 g/mol. The van der Waals surface area contributed by atoms with Gasteiger partial charge in [0.05, 0.1) is 4.90 Å². The van der Waals surface area contributed by atoms with Crippen molar-refractivity contribution < 1.29 is 23.0 Å². The molecule has 12 heteroatoms. The second kappa shape index (κ2) is 8.48. The Morgan fingerprint density at radius 3 is 2.21 bits per heavy atom. The summed E-state index contributed by atoms with van der Waals surface area (Å²) >= 11 is 0. The van der Waals surface area contributed by atoms with E-state index in [1.165, 1.54) is 36.4 Å². The molecule has 0 saturated heterocycles. The number of nitrogens with one attached hydrogen (secondary N) is 2. The molecule has 2 aromatic heterocycles. The average Bonchev–Trinajstić information content (AvgIpc) is 2.75. The molecule has 11 nitrogen and oxygen atoms in total. The van der Waals surface area contributed by atoms with Crippen LogP contribution in [-0.4, -0.2) is 23.5 Å². The van der Waals surface area contributed by atoms with E-state index < -0.39 is 16.3 Å². The van der Waals surface area contributed by atoms with E-state index in [9.17, 15) is 23.9 Å². The van der Waals surface area contributed by atoms with Crippen molar-refractivity contribution in [2.24, 2.45) is 0 Å². The highest BCUT2D eigenvalue weighted by Crippen LogP contribution is 2.20. The molecule has 0 aliphatic rings. The standard InChI is InChI=1S/C21H20N6O5S/c1-13-11-14(2)23-21(22-13)25-33(31,32)16-9-7-15(8-10-16)24-20(28)19-12-26(29)17-5-3-4-6-18(17)27(19)30/h3-12,20,24,28H,1-2H3,(H,22,23,25). The Kier molecular flexibility index (Phi) is 5.70. The SMILES string of the molecule is Cc1cc(C)nc(NS(=O)(=O)c2ccc(NC(O)c3c[n+]([O-])c4ccccc4[n+]3[O-])cc2)n1. The van der Waals surface area contributed by atoms with Gasteiger partial charge >= 0.3 is 5.69 Å². The van der Waals surface area contributed by atoms with Crippen LogP contribution in [0.15, 0.2) is 65.7 Å². The van der Waals surface area contributed by atoms with E-state index >= 15 is 0 Å². The smallest absolute Gasteiger partial charge is 0.308 e. The van der Waals surface area contributed by atoms with Gasteiger partial charge in [0.15, 0.2) is 0 Å². The Bertz CT molecular complexity index is 1420. The summed E-state index contributed by atoms with van der Waals surface area (Å²) in [7, 11) is -3.94. The van der Waals surface area contributed by atoms with Gasteiger partial charge in [-0.2, -0.15) is 9.46 Å². The highest BCUT2D eigenvalue weighted by Gasteiger charge is 2.25. The lowest BCUT2D eigenvalue weighted by molar-refractivity contribution is -0.637. The molecule has 2 aromatic carbocycles. The lowest BCUT2D eigenvalue weighted by atomic mass is 10.2. The number of hydrogen-bond acceptors (Lipinski definition) is 8. The number of hydrogen-bond donors (Lipinski definition) is 3. The molecule has 33 heavy (non-hydrogen) atoms. The van der Waals surface area contributed by atoms with Gasteiger partial charge in [-0.3, -0.25) is 0 Å². The second-order valence-corrected chi connectivity index (χ2v) is 9.00. The van der Waals surface area contributed by atoms with Crippen LogP contribution in [0.3, 0.4) is 0 Å². The maximum Gasteiger partial charge on any atom is 0.308 e. The summed E-state index contributed by atoms with van der Waals surface area (Å²) in [5, 5.41) is 37.9. The topological polar surface area (TPSA) is 158 Å². The zero-order valence-corrected chi connectivity index (χ0v) is 18.4. The van der Waals surface area contributed by atoms with Crippen LogP contribution >= 0.6 is 0 Å². The molecule has 0 aliphatic carbocycles. The molecule has 1 atom stereocenters. The Morgan fingerprint density at radius 1 is 0.970 bits per heavy atom. The Hall–Kier alpha value is -4.03. The van der Waals surface area contributed by atoms with Gasteiger partial charge in [0.25, 0.3) is 27.3 Å². The maximum atomic E-state index is 12.6. The number of benzene rings is 2. The summed E-state index contributed by atoms with van der Waals surface area (Å²) in [6, 6.07) is 13.4. The number of aliphatic hydroxyl groups is 1. The molecule has 0 fully saturated rings. The summed E-state index contributed by atoms with van der Waals surface area (Å²) in [5.41, 5.74) is 1.63. The first-order chi connectivity index (χ1) is 15.6. The Balaban J connectivity index is 1.54. The van der Waals surface area contributed by atoms with Gasteiger partial charge in [-0.25, -0.2) is 23.1 Å². The summed E-state index contributed by atoms with van der Waals surface area (Å²) in [6.07, 6.45) is -0.531. The van der Waals surface area contributed by atoms with Crippen LogP contribution in [0.5, 0.6) is 0 Å². The van der Waals surface area contributed by atoms with E-state index in [0.717, 1.165) is 6.20 Å². The predicted octanol–water partition coefficient (Wildman–Crippen LogP) is 1.42. The summed E-state index contributed by atoms with van der Waals surface area (Å²) in [6.45, 7) is 3.46. The number of fused-ring (bicyclic) bond motifs is 1. The minimum atomic E-state index is -3.94. The number of rotatable bonds is 6. The molecule has 0 amide bonds. The van der Waals surface area contributed by atoms with Crippen LogP contribution in [0.1, 0.15) is 23.3 Å². The van der Waals surface area contributed by atoms with Crippen molar-refractivity contribution in [3.63, 3.8) is 0 Å². The zero-order chi connectivity index (χ0) is 23.8. The molecule has 4 rings (SSSR count). The fourth-order valence-electron chi connectivity index (χ4n) is 3.30. The van der Waals surface area contributed by atoms with Crippen LogP contribution in [0.4, 0.5) is 11.6 Å². The van der Waals surface area contributed by atoms with E-state index in [1.54, 1.807) is 32.0 Å². The molecule has 3 N–H and O–H groups in total. The van der Waals surface area contributed by atoms with Crippen molar-refractivity contribution in [3.05, 3.63) is 88.3 Å². The maximum absolute atomic E-state index is 12.6. The van der Waals surface area contributed by atoms with Gasteiger partial charge in [-0.05, 0) is 44.2 Å². The number of aliphatic hydroxyl groups excluding tert-OH is 1. The predicted molar refractivity (Wildman–Crippen MR) is 119 cm³/mol. The minimum Gasteiger partial charge on any atom is -0.618 e. The molecular formula is C21H20N6O5S. The number of nitrogens with zero attached hydrogens (tertiary/aromatic N) is 4. The van der Waals surface area contributed by atoms with Crippen molar-refractivity contribution in [1.82, 2.24) is 9.97 Å². The van der Waals surface area contributed by atoms with Gasteiger partial charge in [-0.15, -0.1) is 0 Å². The summed E-state index contributed by atoms with van der Waals surface area (Å²) < 4.78 is 28.6. The van der Waals surface area contributed by atoms with E-state index in [-0.39, 0.29) is 27.6 Å². The third-order valence-electron chi connectivity index (χ3n) is 4.78. The molecule has 0 spiro atoms. The first-order valence-corrected chi connectivity index (χ1v) is 11.3. The second-order valence-electron chi connectivity index (χ2n) is 7.31. The highest BCUT2D eigenvalue weighted by atomic mass is 32.2. The fourth-order valence-corrected chi connectivity index (χ4v) is 4.24. The Labute approximate surface area is 189 Å². The molecule has 0 aliphatic heterocycles. The third-order valence-corrected chi connectivity index (χ3v) is 6.12. The van der Waals surface area contributed by atoms with Crippen molar-refractivity contribution in [2.45, 2.75) is 25.0 Å². The fraction of sp³-hybridized carbons (Fsp3) is 0.143. The monoisotopic (exact) mass is 468 g/mol. The Morgan fingerprint density at radius 2 is 1.58 bits per heavy atom. The number of aromatic nitrogens is 4. The van der Waals surface area contributed by atoms with E-state index in [4.69, 9.17) is 0 Å². The molecule has 0 radical (unpaired) electrons. The largest absolute Gasteiger partial charge is 0.618 e. The van der Waals surface area contributed by atoms with Gasteiger partial charge in [0.2, 0.25) is 12.2 Å². The lowest BCUT2D eigenvalue weighted by Crippen LogP contribution is -2.43. The first kappa shape index (κ1) is 22.2. The molecule has 2 heterocycles. The number of para-hydroxylation sites is 2. The molecule has 4 aromatic rings. The van der Waals surface area contributed by atoms with Gasteiger partial charge in [0.1, 0.15) is 0 Å². The quantitative estimate of drug-likeness (QED) is 0.218. The summed E-state index contributed by atoms with van der Waals surface area (Å²) in [5.74, 6) is -0.0349. The van der Waals surface area contributed by atoms with Gasteiger partial charge in [-0.1, -0.05) is 12.1 Å². The van der Waals surface area contributed by atoms with Crippen molar-refractivity contribution >= 4 is 32.7 Å². The van der Waals surface area contributed by atoms with Crippen molar-refractivity contribution in [1.29, 1.82) is 0 Å². The lowest BCUT2D eigenvalue weighted by Gasteiger charge is -2.15.